The molecular weight excluding hydrogens is 310 g/mol. The summed E-state index contributed by atoms with van der Waals surface area (Å²) >= 11 is 1.08. The summed E-state index contributed by atoms with van der Waals surface area (Å²) < 4.78 is 12.3. The summed E-state index contributed by atoms with van der Waals surface area (Å²) in [6, 6.07) is 16.7. The van der Waals surface area contributed by atoms with Crippen LogP contribution in [0.1, 0.15) is 23.5 Å². The predicted molar refractivity (Wildman–Crippen MR) is 89.9 cm³/mol. The van der Waals surface area contributed by atoms with Crippen molar-refractivity contribution < 1.29 is 13.7 Å². The van der Waals surface area contributed by atoms with Crippen molar-refractivity contribution in [1.82, 2.24) is 4.31 Å². The van der Waals surface area contributed by atoms with E-state index in [-0.39, 0.29) is 12.0 Å². The van der Waals surface area contributed by atoms with Crippen LogP contribution in [0, 0.1) is 0 Å². The number of amides is 1. The third kappa shape index (κ3) is 2.71. The highest BCUT2D eigenvalue weighted by molar-refractivity contribution is 7.92. The van der Waals surface area contributed by atoms with Gasteiger partial charge in [0.15, 0.2) is 0 Å². The first-order valence-electron chi connectivity index (χ1n) is 7.76. The fraction of sp³-hybridized carbons (Fsp3) is 0.278. The topological polar surface area (TPSA) is 38.8 Å². The van der Waals surface area contributed by atoms with Gasteiger partial charge in [0.2, 0.25) is 0 Å². The molecule has 1 amide bonds. The largest absolute Gasteiger partial charge is 0.448 e. The minimum atomic E-state index is -0.323. The molecule has 2 aromatic carbocycles. The van der Waals surface area contributed by atoms with Crippen LogP contribution < -0.4 is 0 Å². The summed E-state index contributed by atoms with van der Waals surface area (Å²) in [6.07, 6.45) is 0.522. The summed E-state index contributed by atoms with van der Waals surface area (Å²) in [7, 11) is 0. The first-order valence-corrected chi connectivity index (χ1v) is 8.46. The molecule has 0 aromatic heterocycles. The molecule has 0 N–H and O–H groups in total. The molecule has 4 rings (SSSR count). The van der Waals surface area contributed by atoms with Crippen molar-refractivity contribution in [2.75, 3.05) is 19.8 Å². The van der Waals surface area contributed by atoms with Crippen LogP contribution in [0.2, 0.25) is 0 Å². The molecule has 2 aromatic rings. The van der Waals surface area contributed by atoms with Gasteiger partial charge in [-0.2, -0.15) is 0 Å². The highest BCUT2D eigenvalue weighted by Crippen LogP contribution is 2.44. The SMILES string of the molecule is O=C(OCC1c2ccccc2-c2ccccc21)N1CCCOS1. The quantitative estimate of drug-likeness (QED) is 0.611. The first-order chi connectivity index (χ1) is 11.3. The highest BCUT2D eigenvalue weighted by Gasteiger charge is 2.30. The van der Waals surface area contributed by atoms with Gasteiger partial charge in [0, 0.05) is 12.5 Å². The highest BCUT2D eigenvalue weighted by atomic mass is 32.2. The van der Waals surface area contributed by atoms with E-state index in [0.717, 1.165) is 18.6 Å². The minimum absolute atomic E-state index is 0.0991. The Morgan fingerprint density at radius 2 is 1.78 bits per heavy atom. The van der Waals surface area contributed by atoms with E-state index in [1.165, 1.54) is 26.6 Å². The second-order valence-electron chi connectivity index (χ2n) is 5.66. The van der Waals surface area contributed by atoms with Crippen LogP contribution in [0.5, 0.6) is 0 Å². The van der Waals surface area contributed by atoms with Crippen molar-refractivity contribution in [3.05, 3.63) is 59.7 Å². The molecule has 4 nitrogen and oxygen atoms in total. The molecule has 5 heteroatoms. The molecular formula is C18H17NO3S. The van der Waals surface area contributed by atoms with Gasteiger partial charge in [-0.25, -0.2) is 9.10 Å². The summed E-state index contributed by atoms with van der Waals surface area (Å²) in [4.78, 5) is 12.2. The van der Waals surface area contributed by atoms with E-state index >= 15 is 0 Å². The number of carbonyl (C=O) groups is 1. The zero-order valence-electron chi connectivity index (χ0n) is 12.6. The zero-order valence-corrected chi connectivity index (χ0v) is 13.4. The van der Waals surface area contributed by atoms with Gasteiger partial charge in [0.1, 0.15) is 18.8 Å². The average molecular weight is 327 g/mol. The number of ether oxygens (including phenoxy) is 1. The van der Waals surface area contributed by atoms with E-state index in [9.17, 15) is 4.79 Å². The van der Waals surface area contributed by atoms with Crippen molar-refractivity contribution in [2.24, 2.45) is 0 Å². The monoisotopic (exact) mass is 327 g/mol. The Labute approximate surface area is 139 Å². The van der Waals surface area contributed by atoms with E-state index in [4.69, 9.17) is 8.92 Å². The predicted octanol–water partition coefficient (Wildman–Crippen LogP) is 4.22. The maximum absolute atomic E-state index is 12.2. The van der Waals surface area contributed by atoms with Gasteiger partial charge in [0.05, 0.1) is 6.61 Å². The Kier molecular flexibility index (Phi) is 3.97. The molecule has 0 unspecified atom stereocenters. The van der Waals surface area contributed by atoms with Gasteiger partial charge < -0.3 is 4.74 Å². The van der Waals surface area contributed by atoms with Crippen LogP contribution in [0.3, 0.4) is 0 Å². The standard InChI is InChI=1S/C18H17NO3S/c20-18(19-10-5-11-22-23-19)21-12-17-15-8-3-1-6-13(15)14-7-2-4-9-16(14)17/h1-4,6-9,17H,5,10-12H2. The maximum atomic E-state index is 12.2. The smallest absolute Gasteiger partial charge is 0.421 e. The summed E-state index contributed by atoms with van der Waals surface area (Å²) in [6.45, 7) is 1.70. The lowest BCUT2D eigenvalue weighted by Crippen LogP contribution is -2.31. The molecule has 1 aliphatic heterocycles. The number of rotatable bonds is 2. The van der Waals surface area contributed by atoms with Crippen molar-refractivity contribution >= 4 is 18.3 Å². The van der Waals surface area contributed by atoms with E-state index in [1.54, 1.807) is 0 Å². The summed E-state index contributed by atoms with van der Waals surface area (Å²) in [5.41, 5.74) is 4.92. The third-order valence-electron chi connectivity index (χ3n) is 4.27. The maximum Gasteiger partial charge on any atom is 0.421 e. The second-order valence-corrected chi connectivity index (χ2v) is 6.48. The molecule has 1 saturated heterocycles. The molecule has 0 radical (unpaired) electrons. The van der Waals surface area contributed by atoms with Crippen LogP contribution in [0.4, 0.5) is 4.79 Å². The van der Waals surface area contributed by atoms with Crippen LogP contribution in [-0.4, -0.2) is 30.2 Å². The number of fused-ring (bicyclic) bond motifs is 3. The first kappa shape index (κ1) is 14.6. The molecule has 2 aliphatic rings. The van der Waals surface area contributed by atoms with Crippen molar-refractivity contribution in [2.45, 2.75) is 12.3 Å². The third-order valence-corrected chi connectivity index (χ3v) is 5.05. The van der Waals surface area contributed by atoms with E-state index in [0.29, 0.717) is 19.8 Å². The lowest BCUT2D eigenvalue weighted by molar-refractivity contribution is 0.117. The van der Waals surface area contributed by atoms with Crippen molar-refractivity contribution in [3.8, 4) is 11.1 Å². The molecule has 0 bridgehead atoms. The molecule has 0 spiro atoms. The number of nitrogens with zero attached hydrogens (tertiary/aromatic N) is 1. The summed E-state index contributed by atoms with van der Waals surface area (Å²) in [5.74, 6) is 0.0991. The number of hydrogen-bond donors (Lipinski definition) is 0. The fourth-order valence-corrected chi connectivity index (χ4v) is 3.83. The molecule has 23 heavy (non-hydrogen) atoms. The number of benzene rings is 2. The van der Waals surface area contributed by atoms with Crippen molar-refractivity contribution in [1.29, 1.82) is 0 Å². The van der Waals surface area contributed by atoms with Gasteiger partial charge in [-0.1, -0.05) is 48.5 Å². The minimum Gasteiger partial charge on any atom is -0.448 e. The lowest BCUT2D eigenvalue weighted by atomic mass is 9.98. The molecule has 118 valence electrons. The average Bonchev–Trinajstić information content (AvgIpc) is 2.94. The number of carbonyl (C=O) groups excluding carboxylic acids is 1. The Morgan fingerprint density at radius 3 is 2.39 bits per heavy atom. The summed E-state index contributed by atoms with van der Waals surface area (Å²) in [5, 5.41) is 0. The molecule has 1 aliphatic carbocycles. The normalized spacial score (nSPS) is 16.8. The fourth-order valence-electron chi connectivity index (χ4n) is 3.19. The zero-order chi connectivity index (χ0) is 15.6. The Bertz CT molecular complexity index is 682. The van der Waals surface area contributed by atoms with Crippen LogP contribution in [-0.2, 0) is 8.92 Å². The van der Waals surface area contributed by atoms with Crippen molar-refractivity contribution in [3.63, 3.8) is 0 Å². The van der Waals surface area contributed by atoms with E-state index < -0.39 is 0 Å². The van der Waals surface area contributed by atoms with Crippen LogP contribution in [0.15, 0.2) is 48.5 Å². The molecule has 1 fully saturated rings. The van der Waals surface area contributed by atoms with Crippen LogP contribution >= 0.6 is 12.2 Å². The lowest BCUT2D eigenvalue weighted by Gasteiger charge is -2.24. The van der Waals surface area contributed by atoms with Gasteiger partial charge in [-0.15, -0.1) is 0 Å². The molecule has 0 saturated carbocycles. The Morgan fingerprint density at radius 1 is 1.13 bits per heavy atom. The molecule has 1 heterocycles. The Balaban J connectivity index is 1.53. The van der Waals surface area contributed by atoms with Gasteiger partial charge in [-0.3, -0.25) is 4.18 Å². The van der Waals surface area contributed by atoms with E-state index in [1.807, 2.05) is 24.3 Å². The Hall–Kier alpha value is -1.98. The number of hydrogen-bond acceptors (Lipinski definition) is 4. The second kappa shape index (κ2) is 6.26. The van der Waals surface area contributed by atoms with Gasteiger partial charge in [0.25, 0.3) is 0 Å². The van der Waals surface area contributed by atoms with Gasteiger partial charge >= 0.3 is 6.09 Å². The van der Waals surface area contributed by atoms with Crippen LogP contribution in [0.25, 0.3) is 11.1 Å². The van der Waals surface area contributed by atoms with E-state index in [2.05, 4.69) is 24.3 Å². The van der Waals surface area contributed by atoms with Gasteiger partial charge in [-0.05, 0) is 28.7 Å². The molecule has 0 atom stereocenters.